The molecule has 1 aromatic rings. The number of nitrogens with two attached hydrogens (primary N) is 1. The van der Waals surface area contributed by atoms with Crippen molar-refractivity contribution in [2.24, 2.45) is 0 Å². The lowest BCUT2D eigenvalue weighted by atomic mass is 10.3. The van der Waals surface area contributed by atoms with Crippen molar-refractivity contribution in [2.75, 3.05) is 11.6 Å². The van der Waals surface area contributed by atoms with Crippen LogP contribution in [0.15, 0.2) is 18.2 Å². The minimum absolute atomic E-state index is 0.435. The molecule has 0 saturated heterocycles. The standard InChI is InChI=1S/C8H10ClN3/c9-6-2-1-3-7-4-5-8(10)12-11-7/h1,3-5H,2,6H2,(H2,10,12). The molecule has 0 saturated carbocycles. The van der Waals surface area contributed by atoms with E-state index in [1.54, 1.807) is 6.07 Å². The molecule has 3 nitrogen and oxygen atoms in total. The number of aromatic nitrogens is 2. The third-order valence-electron chi connectivity index (χ3n) is 1.27. The number of allylic oxidation sites excluding steroid dienone is 1. The first-order chi connectivity index (χ1) is 5.83. The highest BCUT2D eigenvalue weighted by Gasteiger charge is 1.88. The van der Waals surface area contributed by atoms with E-state index in [9.17, 15) is 0 Å². The molecule has 0 aromatic carbocycles. The lowest BCUT2D eigenvalue weighted by Crippen LogP contribution is -1.92. The molecule has 0 radical (unpaired) electrons. The maximum atomic E-state index is 5.49. The predicted octanol–water partition coefficient (Wildman–Crippen LogP) is 1.70. The van der Waals surface area contributed by atoms with E-state index in [1.807, 2.05) is 18.2 Å². The van der Waals surface area contributed by atoms with Gasteiger partial charge in [0.25, 0.3) is 0 Å². The number of hydrogen-bond donors (Lipinski definition) is 1. The maximum absolute atomic E-state index is 5.49. The SMILES string of the molecule is Nc1ccc(C=CCCCl)nn1. The minimum Gasteiger partial charge on any atom is -0.382 e. The van der Waals surface area contributed by atoms with Crippen LogP contribution in [0.25, 0.3) is 6.08 Å². The second kappa shape index (κ2) is 4.72. The van der Waals surface area contributed by atoms with Gasteiger partial charge in [0, 0.05) is 5.88 Å². The normalized spacial score (nSPS) is 10.8. The number of nitrogens with zero attached hydrogens (tertiary/aromatic N) is 2. The Bertz CT molecular complexity index is 256. The van der Waals surface area contributed by atoms with Crippen LogP contribution in [-0.2, 0) is 0 Å². The third kappa shape index (κ3) is 2.88. The molecule has 0 fully saturated rings. The van der Waals surface area contributed by atoms with Crippen molar-refractivity contribution < 1.29 is 0 Å². The molecule has 2 N–H and O–H groups in total. The Hall–Kier alpha value is -1.09. The first kappa shape index (κ1) is 9.00. The fourth-order valence-electron chi connectivity index (χ4n) is 0.709. The zero-order chi connectivity index (χ0) is 8.81. The van der Waals surface area contributed by atoms with Gasteiger partial charge in [-0.1, -0.05) is 6.08 Å². The van der Waals surface area contributed by atoms with E-state index in [0.29, 0.717) is 11.7 Å². The molecule has 0 atom stereocenters. The van der Waals surface area contributed by atoms with Crippen LogP contribution >= 0.6 is 11.6 Å². The number of rotatable bonds is 3. The number of nitrogen functional groups attached to an aromatic ring is 1. The summed E-state index contributed by atoms with van der Waals surface area (Å²) in [6.07, 6.45) is 4.66. The molecule has 4 heteroatoms. The topological polar surface area (TPSA) is 51.8 Å². The van der Waals surface area contributed by atoms with Gasteiger partial charge in [-0.05, 0) is 24.6 Å². The Morgan fingerprint density at radius 1 is 1.42 bits per heavy atom. The molecule has 0 amide bonds. The average molecular weight is 184 g/mol. The maximum Gasteiger partial charge on any atom is 0.146 e. The Kier molecular flexibility index (Phi) is 3.54. The summed E-state index contributed by atoms with van der Waals surface area (Å²) in [5.41, 5.74) is 6.16. The lowest BCUT2D eigenvalue weighted by molar-refractivity contribution is 1.03. The summed E-state index contributed by atoms with van der Waals surface area (Å²) in [5.74, 6) is 1.06. The average Bonchev–Trinajstić information content (AvgIpc) is 2.09. The van der Waals surface area contributed by atoms with Crippen LogP contribution in [0.1, 0.15) is 12.1 Å². The second-order valence-corrected chi connectivity index (χ2v) is 2.64. The van der Waals surface area contributed by atoms with Gasteiger partial charge in [0.05, 0.1) is 5.69 Å². The highest BCUT2D eigenvalue weighted by molar-refractivity contribution is 6.17. The van der Waals surface area contributed by atoms with Crippen molar-refractivity contribution in [1.82, 2.24) is 10.2 Å². The van der Waals surface area contributed by atoms with Gasteiger partial charge in [-0.2, -0.15) is 0 Å². The van der Waals surface area contributed by atoms with Crippen LogP contribution in [0.4, 0.5) is 5.82 Å². The van der Waals surface area contributed by atoms with Crippen molar-refractivity contribution in [3.8, 4) is 0 Å². The van der Waals surface area contributed by atoms with Crippen LogP contribution in [0.3, 0.4) is 0 Å². The third-order valence-corrected chi connectivity index (χ3v) is 1.49. The Balaban J connectivity index is 2.58. The van der Waals surface area contributed by atoms with E-state index in [-0.39, 0.29) is 0 Å². The summed E-state index contributed by atoms with van der Waals surface area (Å²) in [5, 5.41) is 7.55. The molecule has 1 aromatic heterocycles. The number of hydrogen-bond acceptors (Lipinski definition) is 3. The molecule has 0 aliphatic rings. The molecule has 0 spiro atoms. The van der Waals surface area contributed by atoms with Crippen LogP contribution < -0.4 is 5.73 Å². The summed E-state index contributed by atoms with van der Waals surface area (Å²) < 4.78 is 0. The number of halogens is 1. The first-order valence-corrected chi connectivity index (χ1v) is 4.18. The van der Waals surface area contributed by atoms with E-state index in [4.69, 9.17) is 17.3 Å². The Morgan fingerprint density at radius 3 is 2.83 bits per heavy atom. The van der Waals surface area contributed by atoms with Crippen LogP contribution in [0.2, 0.25) is 0 Å². The fourth-order valence-corrected chi connectivity index (χ4v) is 0.835. The van der Waals surface area contributed by atoms with Gasteiger partial charge in [-0.3, -0.25) is 0 Å². The van der Waals surface area contributed by atoms with E-state index in [2.05, 4.69) is 10.2 Å². The van der Waals surface area contributed by atoms with Gasteiger partial charge in [0.2, 0.25) is 0 Å². The van der Waals surface area contributed by atoms with Gasteiger partial charge < -0.3 is 5.73 Å². The van der Waals surface area contributed by atoms with E-state index in [1.165, 1.54) is 0 Å². The zero-order valence-electron chi connectivity index (χ0n) is 6.57. The summed E-state index contributed by atoms with van der Waals surface area (Å²) >= 11 is 5.49. The van der Waals surface area contributed by atoms with Gasteiger partial charge in [-0.15, -0.1) is 21.8 Å². The molecule has 12 heavy (non-hydrogen) atoms. The van der Waals surface area contributed by atoms with Crippen molar-refractivity contribution in [2.45, 2.75) is 6.42 Å². The molecule has 0 bridgehead atoms. The van der Waals surface area contributed by atoms with Gasteiger partial charge in [0.1, 0.15) is 5.82 Å². The summed E-state index contributed by atoms with van der Waals surface area (Å²) in [6.45, 7) is 0. The Labute approximate surface area is 76.3 Å². The van der Waals surface area contributed by atoms with Gasteiger partial charge in [-0.25, -0.2) is 0 Å². The summed E-state index contributed by atoms with van der Waals surface area (Å²) in [7, 11) is 0. The summed E-state index contributed by atoms with van der Waals surface area (Å²) in [6, 6.07) is 3.53. The zero-order valence-corrected chi connectivity index (χ0v) is 7.33. The lowest BCUT2D eigenvalue weighted by Gasteiger charge is -1.91. The first-order valence-electron chi connectivity index (χ1n) is 3.64. The van der Waals surface area contributed by atoms with E-state index in [0.717, 1.165) is 12.1 Å². The molecular weight excluding hydrogens is 174 g/mol. The second-order valence-electron chi connectivity index (χ2n) is 2.26. The van der Waals surface area contributed by atoms with Crippen LogP contribution in [-0.4, -0.2) is 16.1 Å². The summed E-state index contributed by atoms with van der Waals surface area (Å²) in [4.78, 5) is 0. The predicted molar refractivity (Wildman–Crippen MR) is 50.8 cm³/mol. The molecule has 0 unspecified atom stereocenters. The van der Waals surface area contributed by atoms with Crippen LogP contribution in [0, 0.1) is 0 Å². The van der Waals surface area contributed by atoms with Gasteiger partial charge >= 0.3 is 0 Å². The fraction of sp³-hybridized carbons (Fsp3) is 0.250. The van der Waals surface area contributed by atoms with Crippen molar-refractivity contribution in [1.29, 1.82) is 0 Å². The van der Waals surface area contributed by atoms with E-state index >= 15 is 0 Å². The molecule has 0 aliphatic heterocycles. The highest BCUT2D eigenvalue weighted by Crippen LogP contribution is 2.00. The van der Waals surface area contributed by atoms with Crippen molar-refractivity contribution in [3.63, 3.8) is 0 Å². The quantitative estimate of drug-likeness (QED) is 0.726. The van der Waals surface area contributed by atoms with E-state index < -0.39 is 0 Å². The smallest absolute Gasteiger partial charge is 0.146 e. The van der Waals surface area contributed by atoms with Crippen LogP contribution in [0.5, 0.6) is 0 Å². The molecule has 1 rings (SSSR count). The van der Waals surface area contributed by atoms with Crippen molar-refractivity contribution >= 4 is 23.5 Å². The monoisotopic (exact) mass is 183 g/mol. The largest absolute Gasteiger partial charge is 0.382 e. The molecule has 64 valence electrons. The molecule has 1 heterocycles. The molecule has 0 aliphatic carbocycles. The highest BCUT2D eigenvalue weighted by atomic mass is 35.5. The number of alkyl halides is 1. The van der Waals surface area contributed by atoms with Gasteiger partial charge in [0.15, 0.2) is 0 Å². The van der Waals surface area contributed by atoms with Crippen molar-refractivity contribution in [3.05, 3.63) is 23.9 Å². The number of anilines is 1. The minimum atomic E-state index is 0.435. The molecular formula is C8H10ClN3. The Morgan fingerprint density at radius 2 is 2.25 bits per heavy atom.